The Balaban J connectivity index is 0.00000243. The molecule has 0 unspecified atom stereocenters. The molecule has 3 rings (SSSR count). The molecule has 26 heavy (non-hydrogen) atoms. The van der Waals surface area contributed by atoms with E-state index in [4.69, 9.17) is 8.92 Å². The van der Waals surface area contributed by atoms with Gasteiger partial charge in [-0.25, -0.2) is 0 Å². The largest absolute Gasteiger partial charge is 2.00 e. The second-order valence-electron chi connectivity index (χ2n) is 5.71. The average molecular weight is 563 g/mol. The molecular formula is C18H17F3NO2PtS+. The van der Waals surface area contributed by atoms with Crippen molar-refractivity contribution in [1.82, 2.24) is 0 Å². The van der Waals surface area contributed by atoms with E-state index in [1.54, 1.807) is 18.3 Å². The molecule has 0 atom stereocenters. The summed E-state index contributed by atoms with van der Waals surface area (Å²) in [6.45, 7) is 6.10. The quantitative estimate of drug-likeness (QED) is 0.255. The Morgan fingerprint density at radius 3 is 2.46 bits per heavy atom. The van der Waals surface area contributed by atoms with Gasteiger partial charge in [0.25, 0.3) is 0 Å². The molecule has 1 aliphatic heterocycles. The fraction of sp³-hybridized carbons (Fsp3) is 0.278. The number of halogens is 3. The van der Waals surface area contributed by atoms with Crippen molar-refractivity contribution in [3.63, 3.8) is 0 Å². The Hall–Kier alpha value is -1.46. The number of fused-ring (bicyclic) bond motifs is 3. The molecule has 1 aromatic carbocycles. The zero-order valence-electron chi connectivity index (χ0n) is 14.3. The number of thiol groups is 1. The first-order chi connectivity index (χ1) is 11.8. The summed E-state index contributed by atoms with van der Waals surface area (Å²) in [6.07, 6.45) is -2.76. The van der Waals surface area contributed by atoms with Crippen LogP contribution in [0.5, 0.6) is 11.5 Å². The first-order valence-electron chi connectivity index (χ1n) is 7.72. The van der Waals surface area contributed by atoms with Crippen molar-refractivity contribution < 1.29 is 47.7 Å². The second-order valence-corrected chi connectivity index (χ2v) is 5.90. The zero-order valence-corrected chi connectivity index (χ0v) is 17.4. The fourth-order valence-corrected chi connectivity index (χ4v) is 3.25. The van der Waals surface area contributed by atoms with Crippen LogP contribution in [0.3, 0.4) is 0 Å². The van der Waals surface area contributed by atoms with E-state index in [0.717, 1.165) is 18.0 Å². The van der Waals surface area contributed by atoms with E-state index in [0.29, 0.717) is 29.2 Å². The van der Waals surface area contributed by atoms with Crippen molar-refractivity contribution in [3.05, 3.63) is 53.5 Å². The Morgan fingerprint density at radius 1 is 1.19 bits per heavy atom. The predicted molar refractivity (Wildman–Crippen MR) is 90.2 cm³/mol. The van der Waals surface area contributed by atoms with Gasteiger partial charge in [0.05, 0.1) is 29.8 Å². The van der Waals surface area contributed by atoms with E-state index in [-0.39, 0.29) is 26.8 Å². The van der Waals surface area contributed by atoms with Crippen LogP contribution in [-0.2, 0) is 27.2 Å². The number of alkyl halides is 3. The molecule has 1 aromatic heterocycles. The minimum atomic E-state index is -4.54. The number of aromatic nitrogens is 1. The number of nitrogens with zero attached hydrogens (tertiary/aromatic N) is 1. The van der Waals surface area contributed by atoms with Crippen molar-refractivity contribution in [2.75, 3.05) is 6.61 Å². The molecule has 0 spiro atoms. The smallest absolute Gasteiger partial charge is 0.496 e. The van der Waals surface area contributed by atoms with Crippen LogP contribution in [0.4, 0.5) is 13.2 Å². The molecule has 2 aromatic rings. The molecule has 0 saturated heterocycles. The van der Waals surface area contributed by atoms with E-state index in [1.807, 2.05) is 25.3 Å². The van der Waals surface area contributed by atoms with E-state index in [1.165, 1.54) is 6.07 Å². The summed E-state index contributed by atoms with van der Waals surface area (Å²) < 4.78 is 52.4. The summed E-state index contributed by atoms with van der Waals surface area (Å²) in [5, 5.41) is 0. The van der Waals surface area contributed by atoms with Crippen molar-refractivity contribution in [2.45, 2.75) is 26.9 Å². The SMILES string of the molecule is CCOc1cc[n+]2c(c1)-c1c(ccc(C(F)(F)F)c1OS)[C-](C)[C-]2C.[Pt+2]. The third-order valence-corrected chi connectivity index (χ3v) is 4.54. The number of rotatable bonds is 3. The van der Waals surface area contributed by atoms with Crippen molar-refractivity contribution in [3.8, 4) is 22.8 Å². The molecule has 0 fully saturated rings. The number of pyridine rings is 1. The van der Waals surface area contributed by atoms with Gasteiger partial charge in [-0.15, -0.1) is 12.0 Å². The van der Waals surface area contributed by atoms with E-state index < -0.39 is 11.7 Å². The number of ether oxygens (including phenoxy) is 1. The Kier molecular flexibility index (Phi) is 6.13. The van der Waals surface area contributed by atoms with Gasteiger partial charge < -0.3 is 13.5 Å². The van der Waals surface area contributed by atoms with Crippen LogP contribution in [0, 0.1) is 12.0 Å². The topological polar surface area (TPSA) is 22.3 Å². The summed E-state index contributed by atoms with van der Waals surface area (Å²) in [5.74, 6) is 1.15. The van der Waals surface area contributed by atoms with Crippen LogP contribution in [0.2, 0.25) is 0 Å². The monoisotopic (exact) mass is 563 g/mol. The maximum absolute atomic E-state index is 13.4. The summed E-state index contributed by atoms with van der Waals surface area (Å²) in [7, 11) is 0. The molecule has 0 saturated carbocycles. The molecule has 0 radical (unpaired) electrons. The molecule has 1 aliphatic rings. The summed E-state index contributed by atoms with van der Waals surface area (Å²) in [5.41, 5.74) is 0.749. The number of benzene rings is 1. The average Bonchev–Trinajstić information content (AvgIpc) is 2.57. The van der Waals surface area contributed by atoms with Crippen LogP contribution in [0.1, 0.15) is 31.9 Å². The van der Waals surface area contributed by atoms with Crippen molar-refractivity contribution in [1.29, 1.82) is 0 Å². The van der Waals surface area contributed by atoms with Gasteiger partial charge in [-0.1, -0.05) is 12.5 Å². The van der Waals surface area contributed by atoms with Crippen molar-refractivity contribution >= 4 is 12.9 Å². The van der Waals surface area contributed by atoms with Gasteiger partial charge in [-0.2, -0.15) is 24.8 Å². The van der Waals surface area contributed by atoms with Crippen LogP contribution < -0.4 is 13.5 Å². The van der Waals surface area contributed by atoms with Gasteiger partial charge in [-0.05, 0) is 26.0 Å². The van der Waals surface area contributed by atoms with Crippen molar-refractivity contribution in [2.24, 2.45) is 0 Å². The molecule has 3 nitrogen and oxygen atoms in total. The second kappa shape index (κ2) is 7.65. The first kappa shape index (κ1) is 20.8. The van der Waals surface area contributed by atoms with Gasteiger partial charge in [0.2, 0.25) is 0 Å². The van der Waals surface area contributed by atoms with E-state index >= 15 is 0 Å². The van der Waals surface area contributed by atoms with Gasteiger partial charge >= 0.3 is 27.2 Å². The molecule has 0 bridgehead atoms. The maximum atomic E-state index is 13.4. The summed E-state index contributed by atoms with van der Waals surface area (Å²) in [6, 6.07) is 6.93. The minimum absolute atomic E-state index is 0. The molecule has 142 valence electrons. The predicted octanol–water partition coefficient (Wildman–Crippen LogP) is 4.64. The number of hydrogen-bond donors (Lipinski definition) is 1. The summed E-state index contributed by atoms with van der Waals surface area (Å²) >= 11 is 3.70. The zero-order chi connectivity index (χ0) is 18.4. The van der Waals surface area contributed by atoms with E-state index in [2.05, 4.69) is 12.9 Å². The normalized spacial score (nSPS) is 12.9. The maximum Gasteiger partial charge on any atom is 2.00 e. The van der Waals surface area contributed by atoms with Gasteiger partial charge in [0.15, 0.2) is 0 Å². The van der Waals surface area contributed by atoms with Crippen LogP contribution in [0.15, 0.2) is 30.5 Å². The van der Waals surface area contributed by atoms with Gasteiger partial charge in [-0.3, -0.25) is 0 Å². The third-order valence-electron chi connectivity index (χ3n) is 4.36. The minimum Gasteiger partial charge on any atom is -0.496 e. The number of hydrogen-bond acceptors (Lipinski definition) is 3. The van der Waals surface area contributed by atoms with Crippen LogP contribution >= 0.6 is 12.9 Å². The first-order valence-corrected chi connectivity index (χ1v) is 8.08. The van der Waals surface area contributed by atoms with Gasteiger partial charge in [0.1, 0.15) is 5.75 Å². The molecule has 0 N–H and O–H groups in total. The Bertz CT molecular complexity index is 814. The van der Waals surface area contributed by atoms with E-state index in [9.17, 15) is 13.2 Å². The Labute approximate surface area is 170 Å². The molecular weight excluding hydrogens is 546 g/mol. The van der Waals surface area contributed by atoms with Crippen LogP contribution in [0.25, 0.3) is 11.3 Å². The third kappa shape index (κ3) is 3.39. The molecule has 2 heterocycles. The standard InChI is InChI=1S/C18H17F3NO2S.Pt/c1-4-23-12-7-8-22-11(3)10(2)13-5-6-14(18(19,20)21)17(24-25)16(13)15(22)9-12;/h5-9,25H,4H2,1-3H3;/q-1;+2. The molecule has 8 heteroatoms. The Morgan fingerprint density at radius 2 is 1.88 bits per heavy atom. The van der Waals surface area contributed by atoms with Gasteiger partial charge in [0, 0.05) is 19.0 Å². The van der Waals surface area contributed by atoms with Crippen LogP contribution in [-0.4, -0.2) is 6.61 Å². The summed E-state index contributed by atoms with van der Waals surface area (Å²) in [4.78, 5) is 0. The molecule has 0 aliphatic carbocycles. The molecule has 0 amide bonds. The fourth-order valence-electron chi connectivity index (χ4n) is 3.07.